The van der Waals surface area contributed by atoms with E-state index in [4.69, 9.17) is 5.84 Å². The van der Waals surface area contributed by atoms with Crippen LogP contribution in [-0.4, -0.2) is 30.6 Å². The van der Waals surface area contributed by atoms with Crippen molar-refractivity contribution in [3.63, 3.8) is 0 Å². The molecule has 3 N–H and O–H groups in total. The van der Waals surface area contributed by atoms with Crippen LogP contribution in [-0.2, 0) is 0 Å². The first-order valence-electron chi connectivity index (χ1n) is 5.93. The van der Waals surface area contributed by atoms with E-state index in [-0.39, 0.29) is 11.6 Å². The third-order valence-corrected chi connectivity index (χ3v) is 3.85. The Morgan fingerprint density at radius 3 is 2.13 bits per heavy atom. The van der Waals surface area contributed by atoms with E-state index in [0.717, 1.165) is 0 Å². The van der Waals surface area contributed by atoms with Gasteiger partial charge in [-0.05, 0) is 26.9 Å². The summed E-state index contributed by atoms with van der Waals surface area (Å²) in [4.78, 5) is 2.32. The lowest BCUT2D eigenvalue weighted by atomic mass is 9.81. The highest BCUT2D eigenvalue weighted by molar-refractivity contribution is 5.06. The van der Waals surface area contributed by atoms with Crippen LogP contribution in [0.1, 0.15) is 38.5 Å². The van der Waals surface area contributed by atoms with Gasteiger partial charge in [-0.3, -0.25) is 11.3 Å². The fourth-order valence-corrected chi connectivity index (χ4v) is 2.82. The van der Waals surface area contributed by atoms with E-state index in [9.17, 15) is 0 Å². The number of likely N-dealkylation sites (N-methyl/N-ethyl adjacent to an activating group) is 1. The van der Waals surface area contributed by atoms with E-state index in [1.165, 1.54) is 38.5 Å². The number of hydrogen-bond acceptors (Lipinski definition) is 3. The van der Waals surface area contributed by atoms with Gasteiger partial charge < -0.3 is 4.90 Å². The van der Waals surface area contributed by atoms with Crippen molar-refractivity contribution in [2.75, 3.05) is 14.1 Å². The molecule has 0 spiro atoms. The maximum atomic E-state index is 5.64. The standard InChI is InChI=1S/C12H25N3/c1-4-11(14-13)12(15(2)3)9-7-5-6-8-10-12/h4,11,14H,1,5-10,13H2,2-3H3. The van der Waals surface area contributed by atoms with Gasteiger partial charge in [0.1, 0.15) is 0 Å². The van der Waals surface area contributed by atoms with Crippen molar-refractivity contribution in [3.05, 3.63) is 12.7 Å². The van der Waals surface area contributed by atoms with Crippen LogP contribution in [0.4, 0.5) is 0 Å². The highest BCUT2D eigenvalue weighted by Gasteiger charge is 2.38. The summed E-state index contributed by atoms with van der Waals surface area (Å²) in [6.07, 6.45) is 9.66. The molecule has 1 aliphatic carbocycles. The van der Waals surface area contributed by atoms with Crippen LogP contribution in [0, 0.1) is 0 Å². The average Bonchev–Trinajstić information content (AvgIpc) is 2.46. The van der Waals surface area contributed by atoms with E-state index >= 15 is 0 Å². The normalized spacial score (nSPS) is 23.5. The second-order valence-electron chi connectivity index (χ2n) is 4.79. The topological polar surface area (TPSA) is 41.3 Å². The van der Waals surface area contributed by atoms with Crippen molar-refractivity contribution in [1.82, 2.24) is 10.3 Å². The Bertz CT molecular complexity index is 193. The zero-order valence-electron chi connectivity index (χ0n) is 10.1. The van der Waals surface area contributed by atoms with Crippen molar-refractivity contribution < 1.29 is 0 Å². The molecule has 0 aromatic rings. The summed E-state index contributed by atoms with van der Waals surface area (Å²) in [7, 11) is 4.30. The first-order valence-corrected chi connectivity index (χ1v) is 5.93. The molecule has 1 atom stereocenters. The smallest absolute Gasteiger partial charge is 0.0571 e. The van der Waals surface area contributed by atoms with Crippen LogP contribution in [0.25, 0.3) is 0 Å². The Kier molecular flexibility index (Phi) is 4.77. The SMILES string of the molecule is C=CC(NN)C1(N(C)C)CCCCCC1. The molecule has 0 saturated heterocycles. The zero-order valence-corrected chi connectivity index (χ0v) is 10.1. The summed E-state index contributed by atoms with van der Waals surface area (Å²) < 4.78 is 0. The molecule has 3 nitrogen and oxygen atoms in total. The molecule has 1 rings (SSSR count). The molecule has 0 amide bonds. The third-order valence-electron chi connectivity index (χ3n) is 3.85. The van der Waals surface area contributed by atoms with Gasteiger partial charge in [0.15, 0.2) is 0 Å². The monoisotopic (exact) mass is 211 g/mol. The highest BCUT2D eigenvalue weighted by Crippen LogP contribution is 2.34. The van der Waals surface area contributed by atoms with Gasteiger partial charge >= 0.3 is 0 Å². The Morgan fingerprint density at radius 2 is 1.80 bits per heavy atom. The van der Waals surface area contributed by atoms with Crippen molar-refractivity contribution in [1.29, 1.82) is 0 Å². The lowest BCUT2D eigenvalue weighted by Crippen LogP contribution is -2.59. The maximum absolute atomic E-state index is 5.64. The van der Waals surface area contributed by atoms with Gasteiger partial charge in [-0.1, -0.05) is 31.8 Å². The van der Waals surface area contributed by atoms with E-state index in [2.05, 4.69) is 31.0 Å². The van der Waals surface area contributed by atoms with Crippen molar-refractivity contribution in [2.45, 2.75) is 50.1 Å². The minimum absolute atomic E-state index is 0.160. The van der Waals surface area contributed by atoms with Gasteiger partial charge in [-0.15, -0.1) is 6.58 Å². The third kappa shape index (κ3) is 2.60. The number of rotatable bonds is 4. The van der Waals surface area contributed by atoms with E-state index in [1.54, 1.807) is 0 Å². The van der Waals surface area contributed by atoms with Gasteiger partial charge in [0.25, 0.3) is 0 Å². The molecule has 0 heterocycles. The van der Waals surface area contributed by atoms with Crippen LogP contribution in [0.5, 0.6) is 0 Å². The molecule has 1 fully saturated rings. The van der Waals surface area contributed by atoms with Crippen LogP contribution in [0.2, 0.25) is 0 Å². The van der Waals surface area contributed by atoms with Gasteiger partial charge in [0.2, 0.25) is 0 Å². The van der Waals surface area contributed by atoms with E-state index in [1.807, 2.05) is 6.08 Å². The number of hydrazine groups is 1. The lowest BCUT2D eigenvalue weighted by molar-refractivity contribution is 0.0991. The summed E-state index contributed by atoms with van der Waals surface area (Å²) >= 11 is 0. The van der Waals surface area contributed by atoms with Gasteiger partial charge in [0, 0.05) is 5.54 Å². The molecule has 88 valence electrons. The molecule has 1 aliphatic rings. The summed E-state index contributed by atoms with van der Waals surface area (Å²) in [5.41, 5.74) is 3.07. The van der Waals surface area contributed by atoms with Gasteiger partial charge in [-0.25, -0.2) is 0 Å². The molecule has 0 radical (unpaired) electrons. The Labute approximate surface area is 93.7 Å². The number of nitrogens with one attached hydrogen (secondary N) is 1. The summed E-state index contributed by atoms with van der Waals surface area (Å²) in [5.74, 6) is 5.64. The molecule has 15 heavy (non-hydrogen) atoms. The first kappa shape index (κ1) is 12.7. The summed E-state index contributed by atoms with van der Waals surface area (Å²) in [6.45, 7) is 3.90. The summed E-state index contributed by atoms with van der Waals surface area (Å²) in [5, 5.41) is 0. The van der Waals surface area contributed by atoms with Gasteiger partial charge in [0.05, 0.1) is 6.04 Å². The van der Waals surface area contributed by atoms with Crippen LogP contribution < -0.4 is 11.3 Å². The highest BCUT2D eigenvalue weighted by atomic mass is 15.3. The van der Waals surface area contributed by atoms with Crippen molar-refractivity contribution in [2.24, 2.45) is 5.84 Å². The maximum Gasteiger partial charge on any atom is 0.0571 e. The zero-order chi connectivity index (χ0) is 11.3. The minimum atomic E-state index is 0.160. The number of nitrogens with two attached hydrogens (primary N) is 1. The molecule has 1 unspecified atom stereocenters. The predicted octanol–water partition coefficient (Wildman–Crippen LogP) is 1.66. The second-order valence-corrected chi connectivity index (χ2v) is 4.79. The fourth-order valence-electron chi connectivity index (χ4n) is 2.82. The Hall–Kier alpha value is -0.380. The Balaban J connectivity index is 2.88. The minimum Gasteiger partial charge on any atom is -0.302 e. The van der Waals surface area contributed by atoms with Crippen molar-refractivity contribution in [3.8, 4) is 0 Å². The van der Waals surface area contributed by atoms with Crippen LogP contribution >= 0.6 is 0 Å². The van der Waals surface area contributed by atoms with Crippen LogP contribution in [0.15, 0.2) is 12.7 Å². The van der Waals surface area contributed by atoms with E-state index < -0.39 is 0 Å². The molecule has 0 aromatic carbocycles. The molecule has 3 heteroatoms. The number of hydrogen-bond donors (Lipinski definition) is 2. The summed E-state index contributed by atoms with van der Waals surface area (Å²) in [6, 6.07) is 0.186. The second kappa shape index (κ2) is 5.64. The Morgan fingerprint density at radius 1 is 1.27 bits per heavy atom. The average molecular weight is 211 g/mol. The molecule has 0 bridgehead atoms. The fraction of sp³-hybridized carbons (Fsp3) is 0.833. The molecule has 1 saturated carbocycles. The molecule has 0 aromatic heterocycles. The van der Waals surface area contributed by atoms with Crippen LogP contribution in [0.3, 0.4) is 0 Å². The molecular weight excluding hydrogens is 186 g/mol. The quantitative estimate of drug-likeness (QED) is 0.322. The first-order chi connectivity index (χ1) is 7.17. The van der Waals surface area contributed by atoms with Crippen molar-refractivity contribution >= 4 is 0 Å². The largest absolute Gasteiger partial charge is 0.302 e. The molecular formula is C12H25N3. The predicted molar refractivity (Wildman–Crippen MR) is 65.4 cm³/mol. The van der Waals surface area contributed by atoms with E-state index in [0.29, 0.717) is 0 Å². The lowest BCUT2D eigenvalue weighted by Gasteiger charge is -2.44. The molecule has 0 aliphatic heterocycles. The van der Waals surface area contributed by atoms with Gasteiger partial charge in [-0.2, -0.15) is 0 Å². The number of nitrogens with zero attached hydrogens (tertiary/aromatic N) is 1.